The number of nitrogens with one attached hydrogen (secondary N) is 2. The zero-order valence-electron chi connectivity index (χ0n) is 33.0. The maximum atomic E-state index is 12.7. The van der Waals surface area contributed by atoms with Crippen LogP contribution in [0.5, 0.6) is 0 Å². The summed E-state index contributed by atoms with van der Waals surface area (Å²) in [5.41, 5.74) is 4.25. The molecule has 3 heterocycles. The van der Waals surface area contributed by atoms with Gasteiger partial charge in [0.2, 0.25) is 11.8 Å². The van der Waals surface area contributed by atoms with E-state index in [0.29, 0.717) is 31.4 Å². The van der Waals surface area contributed by atoms with E-state index in [1.54, 1.807) is 0 Å². The molecular formula is C31H54N7O18P3S. The van der Waals surface area contributed by atoms with Crippen molar-refractivity contribution in [1.29, 1.82) is 0 Å². The summed E-state index contributed by atoms with van der Waals surface area (Å²) >= 11 is 1.06. The molecule has 2 aromatic heterocycles. The Hall–Kier alpha value is -2.48. The van der Waals surface area contributed by atoms with Crippen molar-refractivity contribution in [3.63, 3.8) is 0 Å². The number of amides is 2. The minimum Gasteiger partial charge on any atom is -0.393 e. The molecule has 1 aliphatic rings. The largest absolute Gasteiger partial charge is 0.481 e. The van der Waals surface area contributed by atoms with Crippen LogP contribution in [0.2, 0.25) is 0 Å². The number of carbonyl (C=O) groups is 3. The van der Waals surface area contributed by atoms with Gasteiger partial charge in [0.05, 0.1) is 25.6 Å². The Labute approximate surface area is 348 Å². The Kier molecular flexibility index (Phi) is 20.1. The number of unbranched alkanes of at least 4 members (excludes halogenated alkanes) is 2. The Balaban J connectivity index is 1.41. The normalized spacial score (nSPS) is 21.6. The predicted molar refractivity (Wildman–Crippen MR) is 211 cm³/mol. The molecular weight excluding hydrogens is 883 g/mol. The van der Waals surface area contributed by atoms with Gasteiger partial charge in [-0.25, -0.2) is 28.6 Å². The highest BCUT2D eigenvalue weighted by Crippen LogP contribution is 2.61. The van der Waals surface area contributed by atoms with Crippen LogP contribution in [-0.4, -0.2) is 134 Å². The molecule has 0 aromatic carbocycles. The molecule has 1 aliphatic heterocycles. The summed E-state index contributed by atoms with van der Waals surface area (Å²) in [6.07, 6.45) is -2.16. The summed E-state index contributed by atoms with van der Waals surface area (Å²) in [7, 11) is -16.4. The molecule has 0 spiro atoms. The number of nitrogens with two attached hydrogens (primary N) is 1. The number of nitrogen functional groups attached to an aromatic ring is 1. The summed E-state index contributed by atoms with van der Waals surface area (Å²) < 4.78 is 62.2. The molecule has 3 rings (SSSR count). The van der Waals surface area contributed by atoms with E-state index in [1.165, 1.54) is 13.8 Å². The number of phosphoric ester groups is 3. The fourth-order valence-corrected chi connectivity index (χ4v) is 9.17. The molecule has 0 bridgehead atoms. The second-order valence-electron chi connectivity index (χ2n) is 14.3. The molecule has 60 heavy (non-hydrogen) atoms. The third-order valence-corrected chi connectivity index (χ3v) is 12.9. The smallest absolute Gasteiger partial charge is 0.393 e. The lowest BCUT2D eigenvalue weighted by molar-refractivity contribution is -0.137. The van der Waals surface area contributed by atoms with Crippen LogP contribution in [0.15, 0.2) is 12.7 Å². The van der Waals surface area contributed by atoms with E-state index < -0.39 is 90.7 Å². The van der Waals surface area contributed by atoms with Gasteiger partial charge in [-0.15, -0.1) is 0 Å². The van der Waals surface area contributed by atoms with Crippen molar-refractivity contribution in [2.24, 2.45) is 5.41 Å². The van der Waals surface area contributed by atoms with Gasteiger partial charge in [-0.3, -0.25) is 32.5 Å². The van der Waals surface area contributed by atoms with E-state index in [2.05, 4.69) is 41.3 Å². The summed E-state index contributed by atoms with van der Waals surface area (Å²) in [4.78, 5) is 87.9. The van der Waals surface area contributed by atoms with Gasteiger partial charge < -0.3 is 56.0 Å². The fourth-order valence-electron chi connectivity index (χ4n) is 5.62. The average molecular weight is 938 g/mol. The van der Waals surface area contributed by atoms with Gasteiger partial charge in [0.1, 0.15) is 36.3 Å². The summed E-state index contributed by atoms with van der Waals surface area (Å²) in [6, 6.07) is 0. The highest BCUT2D eigenvalue weighted by atomic mass is 32.2. The Bertz CT molecular complexity index is 1890. The van der Waals surface area contributed by atoms with Crippen LogP contribution in [0.1, 0.15) is 78.4 Å². The average Bonchev–Trinajstić information content (AvgIpc) is 3.71. The molecule has 3 unspecified atom stereocenters. The van der Waals surface area contributed by atoms with Crippen molar-refractivity contribution in [2.45, 2.75) is 109 Å². The Morgan fingerprint density at radius 3 is 2.35 bits per heavy atom. The zero-order chi connectivity index (χ0) is 44.9. The number of imidazole rings is 1. The van der Waals surface area contributed by atoms with Crippen LogP contribution in [0, 0.1) is 5.41 Å². The molecule has 2 amide bonds. The van der Waals surface area contributed by atoms with Gasteiger partial charge in [0, 0.05) is 37.1 Å². The Morgan fingerprint density at radius 2 is 1.67 bits per heavy atom. The number of aromatic nitrogens is 4. The highest BCUT2D eigenvalue weighted by molar-refractivity contribution is 8.13. The zero-order valence-corrected chi connectivity index (χ0v) is 36.5. The third-order valence-electron chi connectivity index (χ3n) is 8.82. The molecule has 342 valence electrons. The number of hydrogen-bond donors (Lipinski definition) is 10. The molecule has 25 nitrogen and oxygen atoms in total. The first-order valence-electron chi connectivity index (χ1n) is 18.7. The number of nitrogens with zero attached hydrogens (tertiary/aromatic N) is 4. The quantitative estimate of drug-likeness (QED) is 0.0437. The topological polar surface area (TPSA) is 384 Å². The molecule has 2 aromatic rings. The number of aliphatic hydroxyl groups excluding tert-OH is 3. The van der Waals surface area contributed by atoms with Gasteiger partial charge in [0.15, 0.2) is 22.8 Å². The molecule has 1 saturated heterocycles. The minimum absolute atomic E-state index is 0.0279. The monoisotopic (exact) mass is 937 g/mol. The third kappa shape index (κ3) is 17.0. The van der Waals surface area contributed by atoms with Crippen molar-refractivity contribution in [1.82, 2.24) is 30.2 Å². The van der Waals surface area contributed by atoms with Crippen LogP contribution in [-0.2, 0) is 50.7 Å². The molecule has 0 radical (unpaired) electrons. The standard InChI is InChI=1S/C31H54N7O18P3S/c1-4-5-6-8-19(39)9-7-10-22(41)60-14-13-33-21(40)11-12-34-29(44)26(43)31(2,3)16-53-59(50,51)56-58(48,49)52-15-20-25(55-57(45,46)47)24(42)30(54-20)38-18-37-23-27(32)35-17-36-28(23)38/h17-20,24-26,30,39,42-43H,4-16H2,1-3H3,(H,33,40)(H,34,44)(H,48,49)(H,50,51)(H2,32,35,36)(H2,45,46,47)/t19?,20-,24-,25-,26+,30-/m1/s1. The summed E-state index contributed by atoms with van der Waals surface area (Å²) in [6.45, 7) is 2.53. The second kappa shape index (κ2) is 23.3. The van der Waals surface area contributed by atoms with E-state index in [-0.39, 0.29) is 41.6 Å². The van der Waals surface area contributed by atoms with Gasteiger partial charge in [-0.2, -0.15) is 4.31 Å². The molecule has 11 N–H and O–H groups in total. The van der Waals surface area contributed by atoms with Crippen molar-refractivity contribution in [2.75, 3.05) is 37.8 Å². The number of ether oxygens (including phenoxy) is 1. The van der Waals surface area contributed by atoms with Crippen molar-refractivity contribution < 1.29 is 85.6 Å². The Morgan fingerprint density at radius 1 is 0.983 bits per heavy atom. The van der Waals surface area contributed by atoms with Crippen LogP contribution in [0.25, 0.3) is 11.2 Å². The molecule has 8 atom stereocenters. The lowest BCUT2D eigenvalue weighted by atomic mass is 9.87. The van der Waals surface area contributed by atoms with Gasteiger partial charge in [-0.05, 0) is 19.3 Å². The van der Waals surface area contributed by atoms with Crippen LogP contribution in [0.4, 0.5) is 5.82 Å². The number of carbonyl (C=O) groups excluding carboxylic acids is 3. The molecule has 0 aliphatic carbocycles. The van der Waals surface area contributed by atoms with E-state index in [0.717, 1.165) is 48.2 Å². The fraction of sp³-hybridized carbons (Fsp3) is 0.742. The number of anilines is 1. The van der Waals surface area contributed by atoms with Crippen molar-refractivity contribution in [3.05, 3.63) is 12.7 Å². The van der Waals surface area contributed by atoms with E-state index >= 15 is 0 Å². The van der Waals surface area contributed by atoms with Gasteiger partial charge >= 0.3 is 23.5 Å². The first kappa shape index (κ1) is 51.9. The van der Waals surface area contributed by atoms with Gasteiger partial charge in [-0.1, -0.05) is 51.8 Å². The van der Waals surface area contributed by atoms with Crippen LogP contribution < -0.4 is 16.4 Å². The number of thioether (sulfide) groups is 1. The minimum atomic E-state index is -5.58. The number of phosphoric acid groups is 3. The maximum Gasteiger partial charge on any atom is 0.481 e. The first-order valence-corrected chi connectivity index (χ1v) is 24.2. The lowest BCUT2D eigenvalue weighted by Gasteiger charge is -2.30. The molecule has 29 heteroatoms. The highest BCUT2D eigenvalue weighted by Gasteiger charge is 2.50. The molecule has 0 saturated carbocycles. The van der Waals surface area contributed by atoms with E-state index in [1.807, 2.05) is 0 Å². The second-order valence-corrected chi connectivity index (χ2v) is 19.7. The van der Waals surface area contributed by atoms with Gasteiger partial charge in [0.25, 0.3) is 0 Å². The van der Waals surface area contributed by atoms with Crippen molar-refractivity contribution in [3.8, 4) is 0 Å². The predicted octanol–water partition coefficient (Wildman–Crippen LogP) is 0.776. The number of hydrogen-bond acceptors (Lipinski definition) is 19. The summed E-state index contributed by atoms with van der Waals surface area (Å²) in [5.74, 6) is -1.15. The first-order chi connectivity index (χ1) is 27.9. The van der Waals surface area contributed by atoms with Crippen LogP contribution in [0.3, 0.4) is 0 Å². The van der Waals surface area contributed by atoms with Crippen molar-refractivity contribution >= 4 is 69.1 Å². The lowest BCUT2D eigenvalue weighted by Crippen LogP contribution is -2.46. The maximum absolute atomic E-state index is 12.7. The number of aliphatic hydroxyl groups is 3. The van der Waals surface area contributed by atoms with Crippen LogP contribution >= 0.6 is 35.2 Å². The number of fused-ring (bicyclic) bond motifs is 1. The van der Waals surface area contributed by atoms with E-state index in [4.69, 9.17) is 19.5 Å². The SMILES string of the molecule is CCCCCC(O)CCCC(=O)SCCNC(=O)CCNC(=O)[C@H](O)C(C)(C)COP(=O)(O)OP(=O)(O)OC[C@H]1O[C@@H](n2cnc3c(N)ncnc32)[C@H](O)[C@@H]1OP(=O)(O)O. The molecule has 1 fully saturated rings. The van der Waals surface area contributed by atoms with E-state index in [9.17, 15) is 63.0 Å². The number of rotatable bonds is 27. The summed E-state index contributed by atoms with van der Waals surface area (Å²) in [5, 5.41) is 36.3.